The Balaban J connectivity index is 2.20. The smallest absolute Gasteiger partial charge is 0.389 e. The lowest BCUT2D eigenvalue weighted by molar-refractivity contribution is -0.135. The van der Waals surface area contributed by atoms with Crippen LogP contribution in [0.15, 0.2) is 72.8 Å². The molecule has 2 nitrogen and oxygen atoms in total. The Morgan fingerprint density at radius 3 is 1.84 bits per heavy atom. The van der Waals surface area contributed by atoms with Gasteiger partial charge >= 0.3 is 6.18 Å². The summed E-state index contributed by atoms with van der Waals surface area (Å²) in [6.07, 6.45) is 0.332. The number of aliphatic hydroxyl groups is 1. The molecule has 2 rings (SSSR count). The van der Waals surface area contributed by atoms with Crippen molar-refractivity contribution in [3.8, 4) is 0 Å². The fourth-order valence-electron chi connectivity index (χ4n) is 4.05. The van der Waals surface area contributed by atoms with Crippen LogP contribution in [0.3, 0.4) is 0 Å². The van der Waals surface area contributed by atoms with Crippen LogP contribution in [0.5, 0.6) is 0 Å². The van der Waals surface area contributed by atoms with E-state index in [0.29, 0.717) is 19.3 Å². The molecular weight excluding hydrogens is 429 g/mol. The standard InChI is InChI=1S/C26H35F3O2Si/c1-25(2,3)32(23-16-10-7-11-17-23,24-18-12-8-13-19-24)31-22(21-30)15-9-5-4-6-14-20-26(27,28)29/h5,7-13,16-19,22,30H,4,6,14-15,20-21H2,1-3H3. The van der Waals surface area contributed by atoms with Gasteiger partial charge in [-0.25, -0.2) is 0 Å². The van der Waals surface area contributed by atoms with Crippen LogP contribution >= 0.6 is 0 Å². The summed E-state index contributed by atoms with van der Waals surface area (Å²) in [6, 6.07) is 20.5. The van der Waals surface area contributed by atoms with E-state index in [0.717, 1.165) is 10.4 Å². The summed E-state index contributed by atoms with van der Waals surface area (Å²) in [6.45, 7) is 6.43. The number of hydrogen-bond acceptors (Lipinski definition) is 2. The van der Waals surface area contributed by atoms with Gasteiger partial charge in [0.2, 0.25) is 0 Å². The Bertz CT molecular complexity index is 775. The summed E-state index contributed by atoms with van der Waals surface area (Å²) in [7, 11) is -2.75. The molecule has 0 radical (unpaired) electrons. The molecule has 0 amide bonds. The van der Waals surface area contributed by atoms with E-state index in [4.69, 9.17) is 4.43 Å². The second-order valence-electron chi connectivity index (χ2n) is 9.15. The Morgan fingerprint density at radius 1 is 0.875 bits per heavy atom. The Labute approximate surface area is 191 Å². The van der Waals surface area contributed by atoms with Gasteiger partial charge in [0.05, 0.1) is 12.7 Å². The fourth-order valence-corrected chi connectivity index (χ4v) is 8.74. The molecule has 0 aliphatic heterocycles. The van der Waals surface area contributed by atoms with Crippen molar-refractivity contribution in [1.82, 2.24) is 0 Å². The third kappa shape index (κ3) is 7.32. The highest BCUT2D eigenvalue weighted by atomic mass is 28.4. The van der Waals surface area contributed by atoms with E-state index in [9.17, 15) is 18.3 Å². The highest BCUT2D eigenvalue weighted by molar-refractivity contribution is 6.99. The van der Waals surface area contributed by atoms with E-state index in [1.807, 2.05) is 48.6 Å². The molecule has 2 aromatic carbocycles. The van der Waals surface area contributed by atoms with Crippen molar-refractivity contribution in [3.05, 3.63) is 72.8 Å². The van der Waals surface area contributed by atoms with Crippen molar-refractivity contribution >= 4 is 18.7 Å². The van der Waals surface area contributed by atoms with Gasteiger partial charge in [-0.05, 0) is 41.1 Å². The molecule has 0 fully saturated rings. The zero-order chi connectivity index (χ0) is 23.7. The van der Waals surface area contributed by atoms with Crippen molar-refractivity contribution in [2.24, 2.45) is 0 Å². The fraction of sp³-hybridized carbons (Fsp3) is 0.462. The lowest BCUT2D eigenvalue weighted by Crippen LogP contribution is -2.68. The first-order chi connectivity index (χ1) is 15.1. The van der Waals surface area contributed by atoms with Gasteiger partial charge in [0.25, 0.3) is 8.32 Å². The molecule has 0 saturated heterocycles. The molecule has 176 valence electrons. The predicted octanol–water partition coefficient (Wildman–Crippen LogP) is 5.99. The van der Waals surface area contributed by atoms with Crippen LogP contribution in [0.1, 0.15) is 52.9 Å². The minimum Gasteiger partial charge on any atom is -0.402 e. The first-order valence-corrected chi connectivity index (χ1v) is 13.1. The summed E-state index contributed by atoms with van der Waals surface area (Å²) in [5.41, 5.74) is 0. The Hall–Kier alpha value is -1.89. The summed E-state index contributed by atoms with van der Waals surface area (Å²) < 4.78 is 43.7. The van der Waals surface area contributed by atoms with Crippen LogP contribution in [0, 0.1) is 0 Å². The molecule has 0 aromatic heterocycles. The molecular formula is C26H35F3O2Si. The van der Waals surface area contributed by atoms with Gasteiger partial charge < -0.3 is 9.53 Å². The van der Waals surface area contributed by atoms with Crippen molar-refractivity contribution in [2.75, 3.05) is 6.61 Å². The summed E-state index contributed by atoms with van der Waals surface area (Å²) in [5, 5.41) is 12.2. The molecule has 0 heterocycles. The van der Waals surface area contributed by atoms with Crippen LogP contribution in [-0.4, -0.2) is 32.3 Å². The molecule has 0 saturated carbocycles. The molecule has 32 heavy (non-hydrogen) atoms. The van der Waals surface area contributed by atoms with Crippen molar-refractivity contribution in [3.63, 3.8) is 0 Å². The molecule has 0 spiro atoms. The van der Waals surface area contributed by atoms with Gasteiger partial charge in [0, 0.05) is 6.42 Å². The average Bonchev–Trinajstić information content (AvgIpc) is 2.75. The lowest BCUT2D eigenvalue weighted by atomic mass is 10.1. The van der Waals surface area contributed by atoms with E-state index in [-0.39, 0.29) is 18.1 Å². The average molecular weight is 465 g/mol. The van der Waals surface area contributed by atoms with E-state index >= 15 is 0 Å². The molecule has 0 aliphatic carbocycles. The molecule has 0 bridgehead atoms. The molecule has 1 N–H and O–H groups in total. The number of rotatable bonds is 11. The zero-order valence-corrected chi connectivity index (χ0v) is 20.2. The molecule has 2 aromatic rings. The highest BCUT2D eigenvalue weighted by Gasteiger charge is 2.51. The maximum atomic E-state index is 12.3. The second kappa shape index (κ2) is 11.8. The maximum Gasteiger partial charge on any atom is 0.389 e. The van der Waals surface area contributed by atoms with Crippen molar-refractivity contribution in [2.45, 2.75) is 70.2 Å². The van der Waals surface area contributed by atoms with Crippen LogP contribution in [-0.2, 0) is 4.43 Å². The van der Waals surface area contributed by atoms with E-state index in [1.54, 1.807) is 0 Å². The number of allylic oxidation sites excluding steroid dienone is 1. The Kier molecular flexibility index (Phi) is 9.74. The largest absolute Gasteiger partial charge is 0.402 e. The minimum atomic E-state index is -4.09. The van der Waals surface area contributed by atoms with Crippen LogP contribution in [0.4, 0.5) is 13.2 Å². The third-order valence-corrected chi connectivity index (χ3v) is 10.7. The number of alkyl halides is 3. The van der Waals surface area contributed by atoms with Crippen LogP contribution in [0.25, 0.3) is 0 Å². The number of halogens is 3. The van der Waals surface area contributed by atoms with Gasteiger partial charge in [-0.15, -0.1) is 0 Å². The zero-order valence-electron chi connectivity index (χ0n) is 19.2. The normalized spacial score (nSPS) is 14.1. The first kappa shape index (κ1) is 26.4. The van der Waals surface area contributed by atoms with Gasteiger partial charge in [-0.1, -0.05) is 93.6 Å². The predicted molar refractivity (Wildman–Crippen MR) is 128 cm³/mol. The topological polar surface area (TPSA) is 29.5 Å². The third-order valence-electron chi connectivity index (χ3n) is 5.61. The second-order valence-corrected chi connectivity index (χ2v) is 13.4. The van der Waals surface area contributed by atoms with Gasteiger partial charge in [-0.3, -0.25) is 0 Å². The van der Waals surface area contributed by atoms with Gasteiger partial charge in [-0.2, -0.15) is 13.2 Å². The minimum absolute atomic E-state index is 0.122. The highest BCUT2D eigenvalue weighted by Crippen LogP contribution is 2.37. The molecule has 1 unspecified atom stereocenters. The molecule has 1 atom stereocenters. The number of benzene rings is 2. The first-order valence-electron chi connectivity index (χ1n) is 11.2. The number of hydrogen-bond donors (Lipinski definition) is 1. The van der Waals surface area contributed by atoms with Crippen molar-refractivity contribution in [1.29, 1.82) is 0 Å². The molecule has 6 heteroatoms. The number of aliphatic hydroxyl groups excluding tert-OH is 1. The SMILES string of the molecule is CC(C)(C)[Si](OC(CO)CC=CCCCCC(F)(F)F)(c1ccccc1)c1ccccc1. The lowest BCUT2D eigenvalue weighted by Gasteiger charge is -2.45. The van der Waals surface area contributed by atoms with Gasteiger partial charge in [0.15, 0.2) is 0 Å². The number of unbranched alkanes of at least 4 members (excludes halogenated alkanes) is 2. The summed E-state index contributed by atoms with van der Waals surface area (Å²) in [4.78, 5) is 0. The molecule has 0 aliphatic rings. The van der Waals surface area contributed by atoms with Crippen LogP contribution < -0.4 is 10.4 Å². The van der Waals surface area contributed by atoms with Crippen LogP contribution in [0.2, 0.25) is 5.04 Å². The maximum absolute atomic E-state index is 12.3. The quantitative estimate of drug-likeness (QED) is 0.251. The summed E-state index contributed by atoms with van der Waals surface area (Å²) >= 11 is 0. The Morgan fingerprint density at radius 2 is 1.41 bits per heavy atom. The summed E-state index contributed by atoms with van der Waals surface area (Å²) in [5.74, 6) is 0. The van der Waals surface area contributed by atoms with E-state index in [1.165, 1.54) is 0 Å². The van der Waals surface area contributed by atoms with E-state index < -0.39 is 27.0 Å². The van der Waals surface area contributed by atoms with Crippen molar-refractivity contribution < 1.29 is 22.7 Å². The van der Waals surface area contributed by atoms with Gasteiger partial charge in [0.1, 0.15) is 0 Å². The monoisotopic (exact) mass is 464 g/mol. The van der Waals surface area contributed by atoms with E-state index in [2.05, 4.69) is 45.0 Å².